The Bertz CT molecular complexity index is 318. The van der Waals surface area contributed by atoms with Crippen LogP contribution in [0.1, 0.15) is 40.0 Å². The number of hydrogen-bond acceptors (Lipinski definition) is 3. The van der Waals surface area contributed by atoms with Gasteiger partial charge in [0.1, 0.15) is 5.92 Å². The molecule has 5 heteroatoms. The van der Waals surface area contributed by atoms with Crippen molar-refractivity contribution in [1.82, 2.24) is 0 Å². The number of carbonyl (C=O) groups is 2. The van der Waals surface area contributed by atoms with Gasteiger partial charge in [-0.05, 0) is 11.8 Å². The normalized spacial score (nSPS) is 21.5. The van der Waals surface area contributed by atoms with E-state index < -0.39 is 30.0 Å². The predicted octanol–water partition coefficient (Wildman–Crippen LogP) is 2.58. The molecule has 0 saturated carbocycles. The summed E-state index contributed by atoms with van der Waals surface area (Å²) in [6, 6.07) is 0. The van der Waals surface area contributed by atoms with E-state index in [1.807, 2.05) is 20.8 Å². The molecule has 0 spiro atoms. The Kier molecular flexibility index (Phi) is 3.89. The van der Waals surface area contributed by atoms with E-state index in [1.54, 1.807) is 0 Å². The number of ether oxygens (including phenoxy) is 1. The van der Waals surface area contributed by atoms with E-state index in [2.05, 4.69) is 4.74 Å². The molecule has 1 fully saturated rings. The average molecular weight is 248 g/mol. The van der Waals surface area contributed by atoms with Crippen LogP contribution in [0, 0.1) is 11.3 Å². The van der Waals surface area contributed by atoms with Gasteiger partial charge in [0.05, 0.1) is 6.61 Å². The first kappa shape index (κ1) is 14.1. The van der Waals surface area contributed by atoms with Crippen LogP contribution in [0.25, 0.3) is 0 Å². The summed E-state index contributed by atoms with van der Waals surface area (Å²) in [4.78, 5) is 22.6. The molecule has 0 aliphatic carbocycles. The first-order valence-corrected chi connectivity index (χ1v) is 5.72. The molecule has 1 heterocycles. The van der Waals surface area contributed by atoms with Crippen LogP contribution in [-0.2, 0) is 14.3 Å². The highest BCUT2D eigenvalue weighted by molar-refractivity contribution is 6.03. The molecule has 98 valence electrons. The van der Waals surface area contributed by atoms with Crippen LogP contribution in [0.2, 0.25) is 0 Å². The lowest BCUT2D eigenvalue weighted by atomic mass is 9.86. The fourth-order valence-electron chi connectivity index (χ4n) is 1.64. The molecule has 0 radical (unpaired) electrons. The molecular weight excluding hydrogens is 230 g/mol. The van der Waals surface area contributed by atoms with Crippen LogP contribution in [0.4, 0.5) is 8.78 Å². The van der Waals surface area contributed by atoms with Crippen LogP contribution in [-0.4, -0.2) is 24.3 Å². The number of hydrogen-bond donors (Lipinski definition) is 0. The van der Waals surface area contributed by atoms with E-state index in [0.29, 0.717) is 0 Å². The van der Waals surface area contributed by atoms with E-state index in [1.165, 1.54) is 0 Å². The molecule has 1 aliphatic heterocycles. The third-order valence-electron chi connectivity index (χ3n) is 2.80. The lowest BCUT2D eigenvalue weighted by molar-refractivity contribution is -0.156. The predicted molar refractivity (Wildman–Crippen MR) is 57.7 cm³/mol. The molecule has 1 unspecified atom stereocenters. The van der Waals surface area contributed by atoms with E-state index in [9.17, 15) is 18.4 Å². The summed E-state index contributed by atoms with van der Waals surface area (Å²) < 4.78 is 31.8. The van der Waals surface area contributed by atoms with Gasteiger partial charge < -0.3 is 4.74 Å². The lowest BCUT2D eigenvalue weighted by Crippen LogP contribution is -2.37. The maximum Gasteiger partial charge on any atom is 0.316 e. The van der Waals surface area contributed by atoms with Crippen LogP contribution in [0.3, 0.4) is 0 Å². The summed E-state index contributed by atoms with van der Waals surface area (Å²) in [5, 5.41) is 0. The molecule has 0 aromatic carbocycles. The quantitative estimate of drug-likeness (QED) is 0.567. The highest BCUT2D eigenvalue weighted by Crippen LogP contribution is 2.33. The van der Waals surface area contributed by atoms with Gasteiger partial charge in [-0.25, -0.2) is 0 Å². The monoisotopic (exact) mass is 248 g/mol. The van der Waals surface area contributed by atoms with Gasteiger partial charge in [0.25, 0.3) is 0 Å². The molecule has 0 aromatic rings. The van der Waals surface area contributed by atoms with Crippen molar-refractivity contribution >= 4 is 11.8 Å². The van der Waals surface area contributed by atoms with Gasteiger partial charge in [0, 0.05) is 12.8 Å². The number of ketones is 1. The van der Waals surface area contributed by atoms with Crippen molar-refractivity contribution in [1.29, 1.82) is 0 Å². The van der Waals surface area contributed by atoms with Gasteiger partial charge in [-0.15, -0.1) is 0 Å². The van der Waals surface area contributed by atoms with E-state index in [0.717, 1.165) is 0 Å². The minimum atomic E-state index is -3.43. The molecule has 0 amide bonds. The standard InChI is InChI=1S/C12H18F2O3/c1-11(2,3)5-6-12(13,14)9(15)8-4-7-17-10(8)16/h8H,4-7H2,1-3H3. The smallest absolute Gasteiger partial charge is 0.316 e. The fraction of sp³-hybridized carbons (Fsp3) is 0.833. The topological polar surface area (TPSA) is 43.4 Å². The number of rotatable bonds is 4. The van der Waals surface area contributed by atoms with Gasteiger partial charge >= 0.3 is 11.9 Å². The van der Waals surface area contributed by atoms with Crippen LogP contribution < -0.4 is 0 Å². The fourth-order valence-corrected chi connectivity index (χ4v) is 1.64. The van der Waals surface area contributed by atoms with Crippen molar-refractivity contribution in [2.24, 2.45) is 11.3 Å². The summed E-state index contributed by atoms with van der Waals surface area (Å²) in [6.07, 6.45) is -0.213. The minimum Gasteiger partial charge on any atom is -0.465 e. The molecule has 0 aromatic heterocycles. The number of halogens is 2. The van der Waals surface area contributed by atoms with E-state index >= 15 is 0 Å². The molecule has 1 atom stereocenters. The maximum atomic E-state index is 13.6. The van der Waals surface area contributed by atoms with Gasteiger partial charge in [0.2, 0.25) is 5.78 Å². The Balaban J connectivity index is 2.63. The zero-order valence-corrected chi connectivity index (χ0v) is 10.4. The largest absolute Gasteiger partial charge is 0.465 e. The van der Waals surface area contributed by atoms with Crippen molar-refractivity contribution in [3.8, 4) is 0 Å². The van der Waals surface area contributed by atoms with Crippen molar-refractivity contribution in [3.63, 3.8) is 0 Å². The minimum absolute atomic E-state index is 0.0601. The second-order valence-electron chi connectivity index (χ2n) is 5.64. The molecular formula is C12H18F2O3. The highest BCUT2D eigenvalue weighted by atomic mass is 19.3. The first-order chi connectivity index (χ1) is 7.63. The Morgan fingerprint density at radius 3 is 2.35 bits per heavy atom. The highest BCUT2D eigenvalue weighted by Gasteiger charge is 2.47. The zero-order chi connectivity index (χ0) is 13.3. The van der Waals surface area contributed by atoms with Crippen molar-refractivity contribution in [2.75, 3.05) is 6.61 Å². The molecule has 17 heavy (non-hydrogen) atoms. The van der Waals surface area contributed by atoms with Crippen LogP contribution in [0.5, 0.6) is 0 Å². The number of alkyl halides is 2. The molecule has 1 aliphatic rings. The number of carbonyl (C=O) groups excluding carboxylic acids is 2. The summed E-state index contributed by atoms with van der Waals surface area (Å²) in [5.74, 6) is -6.80. The Morgan fingerprint density at radius 1 is 1.35 bits per heavy atom. The third kappa shape index (κ3) is 3.75. The SMILES string of the molecule is CC(C)(C)CCC(F)(F)C(=O)C1CCOC1=O. The van der Waals surface area contributed by atoms with Gasteiger partial charge in [-0.1, -0.05) is 20.8 Å². The Hall–Kier alpha value is -1.00. The molecule has 1 saturated heterocycles. The summed E-state index contributed by atoms with van der Waals surface area (Å²) in [7, 11) is 0. The van der Waals surface area contributed by atoms with Crippen LogP contribution >= 0.6 is 0 Å². The summed E-state index contributed by atoms with van der Waals surface area (Å²) in [6.45, 7) is 5.55. The Morgan fingerprint density at radius 2 is 1.94 bits per heavy atom. The molecule has 1 rings (SSSR count). The second-order valence-corrected chi connectivity index (χ2v) is 5.64. The zero-order valence-electron chi connectivity index (χ0n) is 10.4. The van der Waals surface area contributed by atoms with Crippen molar-refractivity contribution in [3.05, 3.63) is 0 Å². The van der Waals surface area contributed by atoms with Crippen molar-refractivity contribution < 1.29 is 23.1 Å². The molecule has 0 N–H and O–H groups in total. The Labute approximate surface area is 99.5 Å². The average Bonchev–Trinajstić information content (AvgIpc) is 2.59. The van der Waals surface area contributed by atoms with Gasteiger partial charge in [-0.3, -0.25) is 9.59 Å². The number of Topliss-reactive ketones (excluding diaryl/α,β-unsaturated/α-hetero) is 1. The maximum absolute atomic E-state index is 13.6. The van der Waals surface area contributed by atoms with Crippen LogP contribution in [0.15, 0.2) is 0 Å². The molecule has 3 nitrogen and oxygen atoms in total. The number of esters is 1. The summed E-state index contributed by atoms with van der Waals surface area (Å²) in [5.41, 5.74) is -0.264. The third-order valence-corrected chi connectivity index (χ3v) is 2.80. The van der Waals surface area contributed by atoms with Gasteiger partial charge in [0.15, 0.2) is 0 Å². The number of cyclic esters (lactones) is 1. The van der Waals surface area contributed by atoms with Gasteiger partial charge in [-0.2, -0.15) is 8.78 Å². The first-order valence-electron chi connectivity index (χ1n) is 5.72. The van der Waals surface area contributed by atoms with E-state index in [-0.39, 0.29) is 24.9 Å². The lowest BCUT2D eigenvalue weighted by Gasteiger charge is -2.23. The van der Waals surface area contributed by atoms with E-state index in [4.69, 9.17) is 0 Å². The summed E-state index contributed by atoms with van der Waals surface area (Å²) >= 11 is 0. The molecule has 0 bridgehead atoms. The second kappa shape index (κ2) is 4.70. The van der Waals surface area contributed by atoms with Crippen molar-refractivity contribution in [2.45, 2.75) is 46.0 Å².